The van der Waals surface area contributed by atoms with E-state index in [-0.39, 0.29) is 23.0 Å². The van der Waals surface area contributed by atoms with E-state index in [1.54, 1.807) is 6.92 Å². The Morgan fingerprint density at radius 3 is 2.49 bits per heavy atom. The van der Waals surface area contributed by atoms with Crippen molar-refractivity contribution in [2.75, 3.05) is 6.61 Å². The highest BCUT2D eigenvalue weighted by atomic mass is 19.4. The highest BCUT2D eigenvalue weighted by Gasteiger charge is 2.34. The van der Waals surface area contributed by atoms with E-state index in [0.29, 0.717) is 11.1 Å². The van der Waals surface area contributed by atoms with Crippen molar-refractivity contribution in [3.8, 4) is 17.4 Å². The summed E-state index contributed by atoms with van der Waals surface area (Å²) in [6.45, 7) is -0.555. The van der Waals surface area contributed by atoms with Gasteiger partial charge in [0.25, 0.3) is 5.56 Å². The molecule has 13 heteroatoms. The van der Waals surface area contributed by atoms with Crippen molar-refractivity contribution in [2.45, 2.75) is 63.8 Å². The van der Waals surface area contributed by atoms with Gasteiger partial charge in [-0.05, 0) is 49.4 Å². The number of aryl methyl sites for hydroxylation is 1. The normalized spacial score (nSPS) is 15.1. The zero-order valence-electron chi connectivity index (χ0n) is 19.7. The van der Waals surface area contributed by atoms with Crippen LogP contribution in [0.4, 0.5) is 26.3 Å². The maximum atomic E-state index is 13.6. The average Bonchev–Trinajstić information content (AvgIpc) is 2.84. The molecule has 198 valence electrons. The van der Waals surface area contributed by atoms with Crippen LogP contribution in [0.3, 0.4) is 0 Å². The monoisotopic (exact) mass is 527 g/mol. The van der Waals surface area contributed by atoms with Crippen LogP contribution in [0.5, 0.6) is 6.01 Å². The van der Waals surface area contributed by atoms with Gasteiger partial charge in [0.2, 0.25) is 0 Å². The van der Waals surface area contributed by atoms with Crippen LogP contribution in [0.2, 0.25) is 0 Å². The Balaban J connectivity index is 1.82. The minimum Gasteiger partial charge on any atom is -0.454 e. The minimum atomic E-state index is -4.69. The number of pyridine rings is 1. The molecule has 3 aromatic rings. The summed E-state index contributed by atoms with van der Waals surface area (Å²) in [7, 11) is 0. The second-order valence-electron chi connectivity index (χ2n) is 8.87. The number of rotatable bonds is 6. The largest absolute Gasteiger partial charge is 0.454 e. The maximum Gasteiger partial charge on any atom is 0.422 e. The summed E-state index contributed by atoms with van der Waals surface area (Å²) in [6, 6.07) is 3.00. The summed E-state index contributed by atoms with van der Waals surface area (Å²) >= 11 is 0. The van der Waals surface area contributed by atoms with Crippen LogP contribution in [0.1, 0.15) is 60.4 Å². The van der Waals surface area contributed by atoms with Crippen LogP contribution in [-0.4, -0.2) is 37.5 Å². The Kier molecular flexibility index (Phi) is 7.51. The molecule has 1 saturated carbocycles. The molecule has 0 aliphatic heterocycles. The Hall–Kier alpha value is -3.51. The lowest BCUT2D eigenvalue weighted by atomic mass is 9.84. The fourth-order valence-corrected chi connectivity index (χ4v) is 4.36. The summed E-state index contributed by atoms with van der Waals surface area (Å²) in [5, 5.41) is 4.26. The number of alkyl halides is 6. The molecule has 0 spiro atoms. The molecule has 0 radical (unpaired) electrons. The third kappa shape index (κ3) is 6.44. The number of hydrogen-bond donors (Lipinski definition) is 0. The molecule has 1 aliphatic rings. The zero-order valence-corrected chi connectivity index (χ0v) is 19.7. The van der Waals surface area contributed by atoms with Gasteiger partial charge >= 0.3 is 18.4 Å². The van der Waals surface area contributed by atoms with Gasteiger partial charge in [0.05, 0.1) is 17.8 Å². The molecule has 4 rings (SSSR count). The third-order valence-electron chi connectivity index (χ3n) is 6.10. The molecule has 37 heavy (non-hydrogen) atoms. The first-order chi connectivity index (χ1) is 17.4. The van der Waals surface area contributed by atoms with Gasteiger partial charge in [-0.25, -0.2) is 9.67 Å². The molecule has 0 amide bonds. The van der Waals surface area contributed by atoms with Crippen molar-refractivity contribution >= 4 is 0 Å². The quantitative estimate of drug-likeness (QED) is 0.396. The molecule has 0 N–H and O–H groups in total. The molecule has 1 aliphatic carbocycles. The molecule has 0 atom stereocenters. The summed E-state index contributed by atoms with van der Waals surface area (Å²) in [5.74, 6) is -0.136. The highest BCUT2D eigenvalue weighted by molar-refractivity contribution is 5.58. The van der Waals surface area contributed by atoms with Gasteiger partial charge in [0, 0.05) is 18.0 Å². The second kappa shape index (κ2) is 10.5. The standard InChI is InChI=1S/C24H23F6N5O2/c1-14-11-32-22(37-13-23(25,26)27)33-20(14)18-10-16(15-6-3-2-4-7-15)21(36)35(34-18)12-19-17(24(28,29)30)8-5-9-31-19/h5,8-11,15H,2-4,6-7,12-13H2,1H3. The smallest absolute Gasteiger partial charge is 0.422 e. The Labute approximate surface area is 207 Å². The molecule has 0 bridgehead atoms. The van der Waals surface area contributed by atoms with E-state index in [1.165, 1.54) is 18.5 Å². The maximum absolute atomic E-state index is 13.6. The van der Waals surface area contributed by atoms with Gasteiger partial charge in [-0.3, -0.25) is 9.78 Å². The zero-order chi connectivity index (χ0) is 26.8. The van der Waals surface area contributed by atoms with E-state index in [0.717, 1.165) is 48.9 Å². The van der Waals surface area contributed by atoms with Crippen LogP contribution in [0.15, 0.2) is 35.4 Å². The van der Waals surface area contributed by atoms with Crippen molar-refractivity contribution in [1.29, 1.82) is 0 Å². The minimum absolute atomic E-state index is 0.107. The van der Waals surface area contributed by atoms with Crippen molar-refractivity contribution in [3.63, 3.8) is 0 Å². The summed E-state index contributed by atoms with van der Waals surface area (Å²) in [5.41, 5.74) is -0.907. The van der Waals surface area contributed by atoms with Gasteiger partial charge in [0.15, 0.2) is 6.61 Å². The fourth-order valence-electron chi connectivity index (χ4n) is 4.36. The van der Waals surface area contributed by atoms with Crippen LogP contribution in [0.25, 0.3) is 11.4 Å². The lowest BCUT2D eigenvalue weighted by Gasteiger charge is -2.23. The van der Waals surface area contributed by atoms with E-state index < -0.39 is 42.6 Å². The number of nitrogens with zero attached hydrogens (tertiary/aromatic N) is 5. The molecule has 3 heterocycles. The van der Waals surface area contributed by atoms with Gasteiger partial charge in [-0.2, -0.15) is 36.4 Å². The SMILES string of the molecule is Cc1cnc(OCC(F)(F)F)nc1-c1cc(C2CCCCC2)c(=O)n(Cc2ncccc2C(F)(F)F)n1. The first-order valence-electron chi connectivity index (χ1n) is 11.6. The first kappa shape index (κ1) is 26.6. The Morgan fingerprint density at radius 1 is 1.08 bits per heavy atom. The van der Waals surface area contributed by atoms with Gasteiger partial charge in [-0.15, -0.1) is 0 Å². The lowest BCUT2D eigenvalue weighted by molar-refractivity contribution is -0.154. The Bertz CT molecular complexity index is 1320. The fraction of sp³-hybridized carbons (Fsp3) is 0.458. The van der Waals surface area contributed by atoms with Crippen LogP contribution < -0.4 is 10.3 Å². The van der Waals surface area contributed by atoms with Crippen molar-refractivity contribution < 1.29 is 31.1 Å². The summed E-state index contributed by atoms with van der Waals surface area (Å²) in [4.78, 5) is 25.0. The molecule has 1 fully saturated rings. The van der Waals surface area contributed by atoms with Crippen LogP contribution >= 0.6 is 0 Å². The second-order valence-corrected chi connectivity index (χ2v) is 8.87. The molecular weight excluding hydrogens is 504 g/mol. The molecule has 0 unspecified atom stereocenters. The predicted molar refractivity (Wildman–Crippen MR) is 120 cm³/mol. The number of aromatic nitrogens is 5. The van der Waals surface area contributed by atoms with Crippen molar-refractivity contribution in [2.24, 2.45) is 0 Å². The van der Waals surface area contributed by atoms with Crippen molar-refractivity contribution in [1.82, 2.24) is 24.7 Å². The average molecular weight is 527 g/mol. The molecule has 0 saturated heterocycles. The van der Waals surface area contributed by atoms with Gasteiger partial charge in [-0.1, -0.05) is 19.3 Å². The van der Waals surface area contributed by atoms with E-state index in [2.05, 4.69) is 24.8 Å². The third-order valence-corrected chi connectivity index (χ3v) is 6.10. The molecule has 0 aromatic carbocycles. The number of halogens is 6. The molecule has 3 aromatic heterocycles. The topological polar surface area (TPSA) is 82.8 Å². The summed E-state index contributed by atoms with van der Waals surface area (Å²) < 4.78 is 84.1. The number of hydrogen-bond acceptors (Lipinski definition) is 6. The van der Waals surface area contributed by atoms with Gasteiger partial charge in [0.1, 0.15) is 11.4 Å². The van der Waals surface area contributed by atoms with E-state index >= 15 is 0 Å². The van der Waals surface area contributed by atoms with Crippen LogP contribution in [-0.2, 0) is 12.7 Å². The Morgan fingerprint density at radius 2 is 1.81 bits per heavy atom. The van der Waals surface area contributed by atoms with Crippen molar-refractivity contribution in [3.05, 3.63) is 63.3 Å². The first-order valence-corrected chi connectivity index (χ1v) is 11.6. The molecule has 7 nitrogen and oxygen atoms in total. The lowest BCUT2D eigenvalue weighted by Crippen LogP contribution is -2.30. The predicted octanol–water partition coefficient (Wildman–Crippen LogP) is 5.46. The molecular formula is C24H23F6N5O2. The van der Waals surface area contributed by atoms with Gasteiger partial charge < -0.3 is 4.74 Å². The number of ether oxygens (including phenoxy) is 1. The highest BCUT2D eigenvalue weighted by Crippen LogP contribution is 2.34. The van der Waals surface area contributed by atoms with E-state index in [1.807, 2.05) is 0 Å². The van der Waals surface area contributed by atoms with E-state index in [4.69, 9.17) is 0 Å². The van der Waals surface area contributed by atoms with E-state index in [9.17, 15) is 31.1 Å². The van der Waals surface area contributed by atoms with Crippen LogP contribution in [0, 0.1) is 6.92 Å². The summed E-state index contributed by atoms with van der Waals surface area (Å²) in [6.07, 6.45) is -2.61.